The van der Waals surface area contributed by atoms with Gasteiger partial charge in [0, 0.05) is 20.6 Å². The number of nitrogens with zero attached hydrogens (tertiary/aromatic N) is 3. The zero-order valence-electron chi connectivity index (χ0n) is 13.3. The minimum atomic E-state index is -0.316. The van der Waals surface area contributed by atoms with Gasteiger partial charge in [-0.15, -0.1) is 0 Å². The molecule has 2 aromatic rings. The molecule has 0 N–H and O–H groups in total. The molecule has 4 amide bonds. The minimum Gasteiger partial charge on any atom is -0.323 e. The van der Waals surface area contributed by atoms with E-state index in [1.807, 2.05) is 0 Å². The van der Waals surface area contributed by atoms with E-state index in [4.69, 9.17) is 0 Å². The lowest BCUT2D eigenvalue weighted by molar-refractivity contribution is 0.0926. The molecule has 6 nitrogen and oxygen atoms in total. The molecule has 2 heterocycles. The van der Waals surface area contributed by atoms with Crippen molar-refractivity contribution in [1.29, 1.82) is 0 Å². The summed E-state index contributed by atoms with van der Waals surface area (Å²) in [7, 11) is 3.43. The van der Waals surface area contributed by atoms with Crippen LogP contribution >= 0.6 is 0 Å². The Morgan fingerprint density at radius 1 is 0.875 bits per heavy atom. The summed E-state index contributed by atoms with van der Waals surface area (Å²) in [6.07, 6.45) is 0. The number of rotatable bonds is 1. The van der Waals surface area contributed by atoms with Crippen molar-refractivity contribution >= 4 is 29.2 Å². The smallest absolute Gasteiger partial charge is 0.323 e. The van der Waals surface area contributed by atoms with Gasteiger partial charge < -0.3 is 4.90 Å². The van der Waals surface area contributed by atoms with E-state index < -0.39 is 0 Å². The van der Waals surface area contributed by atoms with Crippen LogP contribution in [0.15, 0.2) is 42.5 Å². The molecule has 0 aromatic heterocycles. The first-order valence-corrected chi connectivity index (χ1v) is 7.58. The van der Waals surface area contributed by atoms with Crippen LogP contribution in [0, 0.1) is 0 Å². The van der Waals surface area contributed by atoms with Crippen LogP contribution in [-0.4, -0.2) is 36.8 Å². The van der Waals surface area contributed by atoms with Crippen molar-refractivity contribution in [3.63, 3.8) is 0 Å². The van der Waals surface area contributed by atoms with Gasteiger partial charge in [0.2, 0.25) is 0 Å². The molecule has 6 heteroatoms. The summed E-state index contributed by atoms with van der Waals surface area (Å²) in [5, 5.41) is 0. The van der Waals surface area contributed by atoms with Crippen LogP contribution in [-0.2, 0) is 6.54 Å². The van der Waals surface area contributed by atoms with Crippen LogP contribution in [0.3, 0.4) is 0 Å². The molecule has 120 valence electrons. The molecule has 0 saturated heterocycles. The summed E-state index contributed by atoms with van der Waals surface area (Å²) in [5.74, 6) is -0.631. The Morgan fingerprint density at radius 2 is 1.50 bits per heavy atom. The maximum Gasteiger partial charge on any atom is 0.324 e. The van der Waals surface area contributed by atoms with Crippen molar-refractivity contribution in [1.82, 2.24) is 4.90 Å². The lowest BCUT2D eigenvalue weighted by atomic mass is 10.1. The Morgan fingerprint density at radius 3 is 2.12 bits per heavy atom. The second-order valence-electron chi connectivity index (χ2n) is 6.00. The van der Waals surface area contributed by atoms with Gasteiger partial charge in [-0.05, 0) is 35.9 Å². The molecule has 0 atom stereocenters. The standard InChI is InChI=1S/C18H15N3O3/c1-19-10-11-9-12(7-8-15(11)20(2)18(19)24)21-16(22)13-5-3-4-6-14(13)17(21)23/h3-9H,10H2,1-2H3. The summed E-state index contributed by atoms with van der Waals surface area (Å²) < 4.78 is 0. The number of amides is 4. The molecule has 0 fully saturated rings. The van der Waals surface area contributed by atoms with Crippen molar-refractivity contribution < 1.29 is 14.4 Å². The highest BCUT2D eigenvalue weighted by molar-refractivity contribution is 6.34. The monoisotopic (exact) mass is 321 g/mol. The van der Waals surface area contributed by atoms with E-state index in [-0.39, 0.29) is 17.8 Å². The lowest BCUT2D eigenvalue weighted by Gasteiger charge is -2.33. The van der Waals surface area contributed by atoms with Gasteiger partial charge in [-0.1, -0.05) is 12.1 Å². The molecular formula is C18H15N3O3. The largest absolute Gasteiger partial charge is 0.324 e. The van der Waals surface area contributed by atoms with Gasteiger partial charge in [0.05, 0.1) is 22.5 Å². The van der Waals surface area contributed by atoms with Gasteiger partial charge in [-0.3, -0.25) is 14.5 Å². The first kappa shape index (κ1) is 14.4. The van der Waals surface area contributed by atoms with Crippen molar-refractivity contribution in [2.75, 3.05) is 23.9 Å². The van der Waals surface area contributed by atoms with E-state index in [9.17, 15) is 14.4 Å². The third kappa shape index (κ3) is 1.86. The Kier molecular flexibility index (Phi) is 2.96. The highest BCUT2D eigenvalue weighted by atomic mass is 16.2. The number of anilines is 2. The molecule has 0 unspecified atom stereocenters. The number of hydrogen-bond acceptors (Lipinski definition) is 3. The number of carbonyl (C=O) groups is 3. The van der Waals surface area contributed by atoms with Crippen LogP contribution in [0.1, 0.15) is 26.3 Å². The maximum atomic E-state index is 12.6. The van der Waals surface area contributed by atoms with Gasteiger partial charge in [0.1, 0.15) is 0 Å². The molecule has 24 heavy (non-hydrogen) atoms. The van der Waals surface area contributed by atoms with E-state index in [1.54, 1.807) is 66.4 Å². The average molecular weight is 321 g/mol. The van der Waals surface area contributed by atoms with Gasteiger partial charge in [0.25, 0.3) is 11.8 Å². The predicted molar refractivity (Wildman–Crippen MR) is 89.3 cm³/mol. The highest BCUT2D eigenvalue weighted by Gasteiger charge is 2.37. The number of urea groups is 1. The van der Waals surface area contributed by atoms with E-state index in [0.717, 1.165) is 11.3 Å². The Labute approximate surface area is 138 Å². The molecule has 0 saturated carbocycles. The molecule has 0 spiro atoms. The van der Waals surface area contributed by atoms with Crippen molar-refractivity contribution in [2.24, 2.45) is 0 Å². The molecule has 2 aliphatic rings. The zero-order valence-corrected chi connectivity index (χ0v) is 13.3. The Balaban J connectivity index is 1.78. The van der Waals surface area contributed by atoms with E-state index in [2.05, 4.69) is 0 Å². The van der Waals surface area contributed by atoms with Gasteiger partial charge >= 0.3 is 6.03 Å². The number of carbonyl (C=O) groups excluding carboxylic acids is 3. The van der Waals surface area contributed by atoms with Gasteiger partial charge in [-0.25, -0.2) is 9.69 Å². The summed E-state index contributed by atoms with van der Waals surface area (Å²) >= 11 is 0. The molecule has 0 aliphatic carbocycles. The minimum absolute atomic E-state index is 0.0871. The third-order valence-electron chi connectivity index (χ3n) is 4.50. The van der Waals surface area contributed by atoms with Crippen LogP contribution in [0.4, 0.5) is 16.2 Å². The molecule has 2 aliphatic heterocycles. The summed E-state index contributed by atoms with van der Waals surface area (Å²) in [5.41, 5.74) is 3.05. The van der Waals surface area contributed by atoms with Gasteiger partial charge in [-0.2, -0.15) is 0 Å². The number of hydrogen-bond donors (Lipinski definition) is 0. The fourth-order valence-corrected chi connectivity index (χ4v) is 3.27. The average Bonchev–Trinajstić information content (AvgIpc) is 2.84. The van der Waals surface area contributed by atoms with Crippen molar-refractivity contribution in [2.45, 2.75) is 6.54 Å². The first-order valence-electron chi connectivity index (χ1n) is 7.58. The molecule has 0 bridgehead atoms. The topological polar surface area (TPSA) is 60.9 Å². The second-order valence-corrected chi connectivity index (χ2v) is 6.00. The highest BCUT2D eigenvalue weighted by Crippen LogP contribution is 2.34. The number of benzene rings is 2. The SMILES string of the molecule is CN1Cc2cc(N3C(=O)c4ccccc4C3=O)ccc2N(C)C1=O. The zero-order chi connectivity index (χ0) is 17.0. The summed E-state index contributed by atoms with van der Waals surface area (Å²) in [4.78, 5) is 41.5. The van der Waals surface area contributed by atoms with E-state index in [0.29, 0.717) is 23.4 Å². The van der Waals surface area contributed by atoms with E-state index in [1.165, 1.54) is 4.90 Å². The maximum absolute atomic E-state index is 12.6. The van der Waals surface area contributed by atoms with Crippen LogP contribution in [0.5, 0.6) is 0 Å². The Hall–Kier alpha value is -3.15. The second kappa shape index (κ2) is 4.92. The summed E-state index contributed by atoms with van der Waals surface area (Å²) in [6, 6.07) is 12.0. The summed E-state index contributed by atoms with van der Waals surface area (Å²) in [6.45, 7) is 0.440. The van der Waals surface area contributed by atoms with Crippen LogP contribution in [0.2, 0.25) is 0 Å². The van der Waals surface area contributed by atoms with Crippen LogP contribution < -0.4 is 9.80 Å². The van der Waals surface area contributed by atoms with Crippen molar-refractivity contribution in [3.8, 4) is 0 Å². The fraction of sp³-hybridized carbons (Fsp3) is 0.167. The number of fused-ring (bicyclic) bond motifs is 2. The third-order valence-corrected chi connectivity index (χ3v) is 4.50. The molecular weight excluding hydrogens is 306 g/mol. The Bertz CT molecular complexity index is 871. The van der Waals surface area contributed by atoms with Crippen LogP contribution in [0.25, 0.3) is 0 Å². The van der Waals surface area contributed by atoms with Gasteiger partial charge in [0.15, 0.2) is 0 Å². The predicted octanol–water partition coefficient (Wildman–Crippen LogP) is 2.49. The molecule has 2 aromatic carbocycles. The first-order chi connectivity index (χ1) is 11.5. The van der Waals surface area contributed by atoms with Crippen molar-refractivity contribution in [3.05, 3.63) is 59.2 Å². The fourth-order valence-electron chi connectivity index (χ4n) is 3.27. The molecule has 0 radical (unpaired) electrons. The number of imide groups is 1. The lowest BCUT2D eigenvalue weighted by Crippen LogP contribution is -2.43. The normalized spacial score (nSPS) is 16.6. The van der Waals surface area contributed by atoms with E-state index >= 15 is 0 Å². The quantitative estimate of drug-likeness (QED) is 0.758. The molecule has 4 rings (SSSR count).